The van der Waals surface area contributed by atoms with Gasteiger partial charge < -0.3 is 5.11 Å². The Morgan fingerprint density at radius 1 is 1.50 bits per heavy atom. The van der Waals surface area contributed by atoms with E-state index in [1.165, 1.54) is 18.2 Å². The summed E-state index contributed by atoms with van der Waals surface area (Å²) in [6, 6.07) is 2.59. The Labute approximate surface area is 114 Å². The van der Waals surface area contributed by atoms with Gasteiger partial charge >= 0.3 is 5.97 Å². The molecule has 1 aromatic carbocycles. The van der Waals surface area contributed by atoms with Gasteiger partial charge in [-0.3, -0.25) is 0 Å². The van der Waals surface area contributed by atoms with E-state index in [1.807, 2.05) is 0 Å². The molecular formula is C12H13BrO4S. The summed E-state index contributed by atoms with van der Waals surface area (Å²) in [6.45, 7) is 5.11. The molecule has 0 aliphatic carbocycles. The second-order valence-corrected chi connectivity index (χ2v) is 6.71. The summed E-state index contributed by atoms with van der Waals surface area (Å²) in [6.07, 6.45) is 1.85. The minimum absolute atomic E-state index is 0.0512. The predicted molar refractivity (Wildman–Crippen MR) is 72.7 cm³/mol. The van der Waals surface area contributed by atoms with E-state index in [0.29, 0.717) is 16.5 Å². The van der Waals surface area contributed by atoms with Gasteiger partial charge in [-0.15, -0.1) is 6.58 Å². The molecule has 1 N–H and O–H groups in total. The number of benzene rings is 1. The molecule has 4 nitrogen and oxygen atoms in total. The molecule has 0 spiro atoms. The van der Waals surface area contributed by atoms with Crippen molar-refractivity contribution in [2.24, 2.45) is 0 Å². The minimum Gasteiger partial charge on any atom is -0.478 e. The van der Waals surface area contributed by atoms with E-state index in [0.717, 1.165) is 0 Å². The Kier molecular flexibility index (Phi) is 4.70. The molecule has 0 fully saturated rings. The third kappa shape index (κ3) is 3.20. The van der Waals surface area contributed by atoms with Crippen molar-refractivity contribution >= 4 is 31.7 Å². The van der Waals surface area contributed by atoms with Crippen molar-refractivity contribution in [3.63, 3.8) is 0 Å². The summed E-state index contributed by atoms with van der Waals surface area (Å²) in [5.41, 5.74) is 0.466. The summed E-state index contributed by atoms with van der Waals surface area (Å²) in [7, 11) is -3.50. The van der Waals surface area contributed by atoms with Crippen LogP contribution in [0.1, 0.15) is 22.3 Å². The molecule has 98 valence electrons. The summed E-state index contributed by atoms with van der Waals surface area (Å²) < 4.78 is 24.6. The van der Waals surface area contributed by atoms with Crippen LogP contribution in [-0.4, -0.2) is 25.2 Å². The monoisotopic (exact) mass is 332 g/mol. The molecule has 6 heteroatoms. The molecule has 0 bridgehead atoms. The predicted octanol–water partition coefficient (Wildman–Crippen LogP) is 2.81. The zero-order chi connectivity index (χ0) is 13.9. The van der Waals surface area contributed by atoms with Gasteiger partial charge in [0.05, 0.1) is 16.2 Å². The Morgan fingerprint density at radius 2 is 2.11 bits per heavy atom. The maximum absolute atomic E-state index is 12.1. The van der Waals surface area contributed by atoms with E-state index in [4.69, 9.17) is 5.11 Å². The summed E-state index contributed by atoms with van der Waals surface area (Å²) >= 11 is 3.18. The molecule has 0 amide bonds. The van der Waals surface area contributed by atoms with Gasteiger partial charge in [-0.05, 0) is 31.0 Å². The fourth-order valence-electron chi connectivity index (χ4n) is 1.45. The normalized spacial score (nSPS) is 11.2. The van der Waals surface area contributed by atoms with Gasteiger partial charge in [0.25, 0.3) is 0 Å². The first kappa shape index (κ1) is 14.9. The van der Waals surface area contributed by atoms with Gasteiger partial charge in [-0.2, -0.15) is 0 Å². The van der Waals surface area contributed by atoms with Gasteiger partial charge in [0.2, 0.25) is 0 Å². The van der Waals surface area contributed by atoms with E-state index >= 15 is 0 Å². The number of sulfone groups is 1. The molecule has 18 heavy (non-hydrogen) atoms. The van der Waals surface area contributed by atoms with E-state index in [9.17, 15) is 13.2 Å². The molecule has 1 aromatic rings. The largest absolute Gasteiger partial charge is 0.478 e. The number of rotatable bonds is 5. The lowest BCUT2D eigenvalue weighted by molar-refractivity contribution is 0.0696. The first-order valence-corrected chi connectivity index (χ1v) is 7.61. The van der Waals surface area contributed by atoms with E-state index in [1.54, 1.807) is 6.92 Å². The van der Waals surface area contributed by atoms with Gasteiger partial charge in [-0.25, -0.2) is 13.2 Å². The molecule has 0 unspecified atom stereocenters. The first-order chi connectivity index (χ1) is 8.29. The van der Waals surface area contributed by atoms with E-state index in [-0.39, 0.29) is 16.2 Å². The number of carbonyl (C=O) groups is 1. The van der Waals surface area contributed by atoms with Crippen molar-refractivity contribution in [1.82, 2.24) is 0 Å². The van der Waals surface area contributed by atoms with E-state index in [2.05, 4.69) is 22.5 Å². The maximum atomic E-state index is 12.1. The third-order valence-electron chi connectivity index (χ3n) is 2.47. The van der Waals surface area contributed by atoms with Crippen LogP contribution in [0.5, 0.6) is 0 Å². The average Bonchev–Trinajstić information content (AvgIpc) is 2.29. The van der Waals surface area contributed by atoms with Crippen LogP contribution in [0.3, 0.4) is 0 Å². The zero-order valence-electron chi connectivity index (χ0n) is 9.81. The number of halogens is 1. The van der Waals surface area contributed by atoms with E-state index < -0.39 is 15.8 Å². The van der Waals surface area contributed by atoms with Gasteiger partial charge in [0.1, 0.15) is 0 Å². The first-order valence-electron chi connectivity index (χ1n) is 5.16. The van der Waals surface area contributed by atoms with Crippen LogP contribution in [0.2, 0.25) is 0 Å². The fourth-order valence-corrected chi connectivity index (χ4v) is 3.62. The quantitative estimate of drug-likeness (QED) is 0.841. The van der Waals surface area contributed by atoms with Crippen molar-refractivity contribution in [3.05, 3.63) is 40.4 Å². The molecule has 0 atom stereocenters. The van der Waals surface area contributed by atoms with Crippen LogP contribution in [0.15, 0.2) is 34.2 Å². The lowest BCUT2D eigenvalue weighted by Crippen LogP contribution is -2.10. The number of hydrogen-bond donors (Lipinski definition) is 1. The highest BCUT2D eigenvalue weighted by molar-refractivity contribution is 9.10. The maximum Gasteiger partial charge on any atom is 0.335 e. The number of aromatic carboxylic acids is 1. The average molecular weight is 333 g/mol. The summed E-state index contributed by atoms with van der Waals surface area (Å²) in [5.74, 6) is -1.23. The van der Waals surface area contributed by atoms with Crippen molar-refractivity contribution in [2.45, 2.75) is 18.2 Å². The zero-order valence-corrected chi connectivity index (χ0v) is 12.2. The smallest absolute Gasteiger partial charge is 0.335 e. The summed E-state index contributed by atoms with van der Waals surface area (Å²) in [5, 5.41) is 8.93. The van der Waals surface area contributed by atoms with Crippen LogP contribution < -0.4 is 0 Å². The second kappa shape index (κ2) is 5.67. The topological polar surface area (TPSA) is 71.4 Å². The third-order valence-corrected chi connectivity index (χ3v) is 5.16. The van der Waals surface area contributed by atoms with Crippen molar-refractivity contribution in [2.75, 3.05) is 5.75 Å². The molecule has 0 radical (unpaired) electrons. The molecule has 1 rings (SSSR count). The highest BCUT2D eigenvalue weighted by atomic mass is 79.9. The second-order valence-electron chi connectivity index (χ2n) is 3.78. The van der Waals surface area contributed by atoms with Gasteiger partial charge in [0.15, 0.2) is 9.84 Å². The minimum atomic E-state index is -3.50. The molecule has 0 heterocycles. The number of carboxylic acids is 1. The lowest BCUT2D eigenvalue weighted by Gasteiger charge is -2.10. The number of hydrogen-bond acceptors (Lipinski definition) is 3. The van der Waals surface area contributed by atoms with Crippen LogP contribution in [0.25, 0.3) is 0 Å². The lowest BCUT2D eigenvalue weighted by atomic mass is 10.1. The molecule has 0 aliphatic rings. The van der Waals surface area contributed by atoms with Crippen LogP contribution in [0, 0.1) is 6.92 Å². The highest BCUT2D eigenvalue weighted by Crippen LogP contribution is 2.27. The fraction of sp³-hybridized carbons (Fsp3) is 0.250. The van der Waals surface area contributed by atoms with Crippen LogP contribution >= 0.6 is 15.9 Å². The van der Waals surface area contributed by atoms with Crippen molar-refractivity contribution in [3.8, 4) is 0 Å². The Balaban J connectivity index is 3.39. The Morgan fingerprint density at radius 3 is 2.61 bits per heavy atom. The van der Waals surface area contributed by atoms with Crippen LogP contribution in [0.4, 0.5) is 0 Å². The highest BCUT2D eigenvalue weighted by Gasteiger charge is 2.20. The SMILES string of the molecule is C=CCCS(=O)(=O)c1cc(C(=O)O)cc(Br)c1C. The van der Waals surface area contributed by atoms with Gasteiger partial charge in [0, 0.05) is 4.47 Å². The Hall–Kier alpha value is -1.14. The van der Waals surface area contributed by atoms with Crippen LogP contribution in [-0.2, 0) is 9.84 Å². The standard InChI is InChI=1S/C12H13BrO4S/c1-3-4-5-18(16,17)11-7-9(12(14)15)6-10(13)8(11)2/h3,6-7H,1,4-5H2,2H3,(H,14,15). The summed E-state index contributed by atoms with van der Waals surface area (Å²) in [4.78, 5) is 11.0. The molecule has 0 saturated carbocycles. The molecular weight excluding hydrogens is 320 g/mol. The molecule has 0 aromatic heterocycles. The van der Waals surface area contributed by atoms with Gasteiger partial charge in [-0.1, -0.05) is 22.0 Å². The molecule has 0 saturated heterocycles. The van der Waals surface area contributed by atoms with Crippen molar-refractivity contribution in [1.29, 1.82) is 0 Å². The Bertz CT molecular complexity index is 590. The number of carboxylic acid groups (broad SMARTS) is 1. The van der Waals surface area contributed by atoms with Crippen molar-refractivity contribution < 1.29 is 18.3 Å². The molecule has 0 aliphatic heterocycles. The number of allylic oxidation sites excluding steroid dienone is 1.